The van der Waals surface area contributed by atoms with Crippen molar-refractivity contribution in [2.45, 2.75) is 20.4 Å². The molecule has 1 N–H and O–H groups in total. The average molecular weight is 230 g/mol. The predicted molar refractivity (Wildman–Crippen MR) is 64.2 cm³/mol. The van der Waals surface area contributed by atoms with Crippen LogP contribution in [0.1, 0.15) is 27.3 Å². The number of carboxylic acids is 1. The van der Waals surface area contributed by atoms with Gasteiger partial charge in [-0.1, -0.05) is 12.1 Å². The molecule has 0 spiro atoms. The highest BCUT2D eigenvalue weighted by Gasteiger charge is 2.06. The van der Waals surface area contributed by atoms with E-state index in [4.69, 9.17) is 5.11 Å². The van der Waals surface area contributed by atoms with E-state index in [1.54, 1.807) is 24.5 Å². The monoisotopic (exact) mass is 230 g/mol. The Morgan fingerprint density at radius 1 is 1.41 bits per heavy atom. The summed E-state index contributed by atoms with van der Waals surface area (Å²) in [4.78, 5) is 15.1. The maximum absolute atomic E-state index is 10.9. The van der Waals surface area contributed by atoms with Gasteiger partial charge < -0.3 is 9.67 Å². The van der Waals surface area contributed by atoms with Crippen LogP contribution in [0, 0.1) is 13.8 Å². The van der Waals surface area contributed by atoms with Crippen LogP contribution in [0.4, 0.5) is 0 Å². The number of aromatic carboxylic acids is 1. The quantitative estimate of drug-likeness (QED) is 0.879. The maximum atomic E-state index is 10.9. The van der Waals surface area contributed by atoms with Gasteiger partial charge in [-0.05, 0) is 31.5 Å². The maximum Gasteiger partial charge on any atom is 0.335 e. The molecule has 2 aromatic rings. The van der Waals surface area contributed by atoms with Crippen LogP contribution in [0.3, 0.4) is 0 Å². The number of aromatic nitrogens is 2. The second-order valence-electron chi connectivity index (χ2n) is 4.05. The molecule has 0 aliphatic rings. The molecule has 0 atom stereocenters. The van der Waals surface area contributed by atoms with Crippen LogP contribution in [0.5, 0.6) is 0 Å². The average Bonchev–Trinajstić information content (AvgIpc) is 2.61. The highest BCUT2D eigenvalue weighted by molar-refractivity contribution is 5.87. The third-order valence-electron chi connectivity index (χ3n) is 2.87. The van der Waals surface area contributed by atoms with Crippen molar-refractivity contribution in [3.05, 3.63) is 53.1 Å². The molecule has 0 fully saturated rings. The molecule has 4 nitrogen and oxygen atoms in total. The molecule has 0 amide bonds. The fourth-order valence-electron chi connectivity index (χ4n) is 1.70. The minimum Gasteiger partial charge on any atom is -0.478 e. The van der Waals surface area contributed by atoms with Crippen molar-refractivity contribution in [1.82, 2.24) is 9.55 Å². The van der Waals surface area contributed by atoms with Gasteiger partial charge in [0, 0.05) is 12.2 Å². The lowest BCUT2D eigenvalue weighted by molar-refractivity contribution is 0.0696. The molecule has 4 heteroatoms. The van der Waals surface area contributed by atoms with Gasteiger partial charge in [0.05, 0.1) is 17.6 Å². The fourth-order valence-corrected chi connectivity index (χ4v) is 1.70. The van der Waals surface area contributed by atoms with Crippen molar-refractivity contribution in [1.29, 1.82) is 0 Å². The fraction of sp³-hybridized carbons (Fsp3) is 0.231. The van der Waals surface area contributed by atoms with Crippen LogP contribution in [0.15, 0.2) is 30.6 Å². The first-order valence-corrected chi connectivity index (χ1v) is 5.38. The molecule has 1 aromatic heterocycles. The molecule has 2 rings (SSSR count). The molecular weight excluding hydrogens is 216 g/mol. The van der Waals surface area contributed by atoms with E-state index in [1.807, 2.05) is 24.5 Å². The standard InChI is InChI=1S/C13H14N2O2/c1-9-10(2)15(8-14-9)7-11-4-3-5-12(6-11)13(16)17/h3-6,8H,7H2,1-2H3,(H,16,17). The highest BCUT2D eigenvalue weighted by atomic mass is 16.4. The molecule has 0 bridgehead atoms. The molecule has 17 heavy (non-hydrogen) atoms. The number of carboxylic acid groups (broad SMARTS) is 1. The zero-order chi connectivity index (χ0) is 12.4. The van der Waals surface area contributed by atoms with E-state index in [0.717, 1.165) is 17.0 Å². The SMILES string of the molecule is Cc1ncn(Cc2cccc(C(=O)O)c2)c1C. The summed E-state index contributed by atoms with van der Waals surface area (Å²) in [5.74, 6) is -0.898. The lowest BCUT2D eigenvalue weighted by Crippen LogP contribution is -2.03. The number of rotatable bonds is 3. The van der Waals surface area contributed by atoms with Crippen LogP contribution in [-0.2, 0) is 6.54 Å². The second-order valence-corrected chi connectivity index (χ2v) is 4.05. The number of hydrogen-bond donors (Lipinski definition) is 1. The van der Waals surface area contributed by atoms with Gasteiger partial charge in [0.25, 0.3) is 0 Å². The van der Waals surface area contributed by atoms with Crippen molar-refractivity contribution < 1.29 is 9.90 Å². The van der Waals surface area contributed by atoms with E-state index in [1.165, 1.54) is 0 Å². The first-order chi connectivity index (χ1) is 8.08. The zero-order valence-electron chi connectivity index (χ0n) is 9.84. The summed E-state index contributed by atoms with van der Waals surface area (Å²) in [6.07, 6.45) is 1.78. The lowest BCUT2D eigenvalue weighted by atomic mass is 10.1. The summed E-state index contributed by atoms with van der Waals surface area (Å²) in [6.45, 7) is 4.61. The Morgan fingerprint density at radius 3 is 2.76 bits per heavy atom. The smallest absolute Gasteiger partial charge is 0.335 e. The van der Waals surface area contributed by atoms with Crippen molar-refractivity contribution in [3.63, 3.8) is 0 Å². The van der Waals surface area contributed by atoms with Gasteiger partial charge in [-0.25, -0.2) is 9.78 Å². The number of imidazole rings is 1. The Kier molecular flexibility index (Phi) is 2.95. The molecule has 0 aliphatic heterocycles. The molecule has 0 saturated heterocycles. The van der Waals surface area contributed by atoms with Crippen LogP contribution in [0.25, 0.3) is 0 Å². The van der Waals surface area contributed by atoms with Gasteiger partial charge in [0.2, 0.25) is 0 Å². The first kappa shape index (κ1) is 11.4. The molecule has 0 saturated carbocycles. The van der Waals surface area contributed by atoms with E-state index in [-0.39, 0.29) is 0 Å². The minimum atomic E-state index is -0.898. The molecule has 1 aromatic carbocycles. The van der Waals surface area contributed by atoms with Crippen LogP contribution >= 0.6 is 0 Å². The summed E-state index contributed by atoms with van der Waals surface area (Å²) >= 11 is 0. The van der Waals surface area contributed by atoms with E-state index < -0.39 is 5.97 Å². The summed E-state index contributed by atoms with van der Waals surface area (Å²) < 4.78 is 2.01. The minimum absolute atomic E-state index is 0.317. The summed E-state index contributed by atoms with van der Waals surface area (Å²) in [5.41, 5.74) is 3.38. The second kappa shape index (κ2) is 4.41. The number of hydrogen-bond acceptors (Lipinski definition) is 2. The van der Waals surface area contributed by atoms with Crippen molar-refractivity contribution in [2.24, 2.45) is 0 Å². The van der Waals surface area contributed by atoms with Gasteiger partial charge in [-0.15, -0.1) is 0 Å². The molecule has 0 aliphatic carbocycles. The summed E-state index contributed by atoms with van der Waals surface area (Å²) in [6, 6.07) is 6.97. The zero-order valence-corrected chi connectivity index (χ0v) is 9.84. The number of benzene rings is 1. The van der Waals surface area contributed by atoms with Gasteiger partial charge >= 0.3 is 5.97 Å². The Labute approximate surface area is 99.5 Å². The lowest BCUT2D eigenvalue weighted by Gasteiger charge is -2.06. The number of carbonyl (C=O) groups is 1. The van der Waals surface area contributed by atoms with E-state index >= 15 is 0 Å². The highest BCUT2D eigenvalue weighted by Crippen LogP contribution is 2.10. The van der Waals surface area contributed by atoms with Crippen LogP contribution in [0.2, 0.25) is 0 Å². The summed E-state index contributed by atoms with van der Waals surface area (Å²) in [7, 11) is 0. The van der Waals surface area contributed by atoms with Gasteiger partial charge in [0.1, 0.15) is 0 Å². The van der Waals surface area contributed by atoms with Crippen molar-refractivity contribution >= 4 is 5.97 Å². The number of aryl methyl sites for hydroxylation is 1. The Morgan fingerprint density at radius 2 is 2.18 bits per heavy atom. The summed E-state index contributed by atoms with van der Waals surface area (Å²) in [5, 5.41) is 8.91. The topological polar surface area (TPSA) is 55.1 Å². The predicted octanol–water partition coefficient (Wildman–Crippen LogP) is 2.25. The molecule has 1 heterocycles. The van der Waals surface area contributed by atoms with E-state index in [2.05, 4.69) is 4.98 Å². The van der Waals surface area contributed by atoms with Gasteiger partial charge in [-0.2, -0.15) is 0 Å². The third-order valence-corrected chi connectivity index (χ3v) is 2.87. The molecule has 88 valence electrons. The Balaban J connectivity index is 2.27. The Bertz CT molecular complexity index is 558. The third kappa shape index (κ3) is 2.36. The van der Waals surface area contributed by atoms with E-state index in [0.29, 0.717) is 12.1 Å². The normalized spacial score (nSPS) is 10.5. The molecule has 0 radical (unpaired) electrons. The van der Waals surface area contributed by atoms with E-state index in [9.17, 15) is 4.79 Å². The molecular formula is C13H14N2O2. The van der Waals surface area contributed by atoms with Crippen LogP contribution in [-0.4, -0.2) is 20.6 Å². The largest absolute Gasteiger partial charge is 0.478 e. The first-order valence-electron chi connectivity index (χ1n) is 5.38. The van der Waals surface area contributed by atoms with Gasteiger partial charge in [-0.3, -0.25) is 0 Å². The number of nitrogens with zero attached hydrogens (tertiary/aromatic N) is 2. The molecule has 0 unspecified atom stereocenters. The van der Waals surface area contributed by atoms with Crippen LogP contribution < -0.4 is 0 Å². The van der Waals surface area contributed by atoms with Crippen molar-refractivity contribution in [3.8, 4) is 0 Å². The van der Waals surface area contributed by atoms with Gasteiger partial charge in [0.15, 0.2) is 0 Å². The van der Waals surface area contributed by atoms with Crippen molar-refractivity contribution in [2.75, 3.05) is 0 Å². The Hall–Kier alpha value is -2.10.